The predicted molar refractivity (Wildman–Crippen MR) is 62.6 cm³/mol. The smallest absolute Gasteiger partial charge is 0.245 e. The Morgan fingerprint density at radius 1 is 1.33 bits per heavy atom. The summed E-state index contributed by atoms with van der Waals surface area (Å²) in [5, 5.41) is 0. The number of carbonyl (C=O) groups excluding carboxylic acids is 1. The molecule has 15 heavy (non-hydrogen) atoms. The van der Waals surface area contributed by atoms with Gasteiger partial charge in [0.1, 0.15) is 0 Å². The highest BCUT2D eigenvalue weighted by Crippen LogP contribution is 2.00. The standard InChI is InChI=1S/C13H17NO/c1-3-7-13(15)14(2)11-10-12-8-5-4-6-9-12/h3-9H,10-11H2,1-2H3/b7-3+. The maximum Gasteiger partial charge on any atom is 0.245 e. The molecule has 0 radical (unpaired) electrons. The van der Waals surface area contributed by atoms with E-state index in [-0.39, 0.29) is 5.91 Å². The van der Waals surface area contributed by atoms with Gasteiger partial charge in [-0.05, 0) is 25.0 Å². The highest BCUT2D eigenvalue weighted by atomic mass is 16.2. The molecule has 1 rings (SSSR count). The maximum absolute atomic E-state index is 11.4. The second kappa shape index (κ2) is 6.02. The van der Waals surface area contributed by atoms with Gasteiger partial charge in [0.2, 0.25) is 5.91 Å². The molecule has 0 bridgehead atoms. The molecule has 0 aliphatic rings. The Bertz CT molecular complexity index is 330. The van der Waals surface area contributed by atoms with Crippen LogP contribution >= 0.6 is 0 Å². The lowest BCUT2D eigenvalue weighted by atomic mass is 10.1. The molecule has 0 aromatic heterocycles. The zero-order valence-electron chi connectivity index (χ0n) is 9.31. The van der Waals surface area contributed by atoms with Gasteiger partial charge in [0.05, 0.1) is 0 Å². The molecule has 0 aliphatic carbocycles. The van der Waals surface area contributed by atoms with Crippen LogP contribution in [0.1, 0.15) is 12.5 Å². The van der Waals surface area contributed by atoms with E-state index in [0.29, 0.717) is 0 Å². The fourth-order valence-corrected chi connectivity index (χ4v) is 1.32. The van der Waals surface area contributed by atoms with Crippen LogP contribution in [0.15, 0.2) is 42.5 Å². The van der Waals surface area contributed by atoms with E-state index in [1.54, 1.807) is 17.1 Å². The molecule has 0 N–H and O–H groups in total. The molecule has 0 heterocycles. The van der Waals surface area contributed by atoms with Gasteiger partial charge in [-0.1, -0.05) is 36.4 Å². The highest BCUT2D eigenvalue weighted by Gasteiger charge is 2.03. The zero-order chi connectivity index (χ0) is 11.1. The van der Waals surface area contributed by atoms with Gasteiger partial charge >= 0.3 is 0 Å². The summed E-state index contributed by atoms with van der Waals surface area (Å²) in [6.07, 6.45) is 4.26. The molecule has 0 saturated carbocycles. The number of allylic oxidation sites excluding steroid dienone is 1. The fourth-order valence-electron chi connectivity index (χ4n) is 1.32. The first-order valence-corrected chi connectivity index (χ1v) is 5.15. The SMILES string of the molecule is C/C=C/C(=O)N(C)CCc1ccccc1. The van der Waals surface area contributed by atoms with Crippen LogP contribution in [0.2, 0.25) is 0 Å². The quantitative estimate of drug-likeness (QED) is 0.687. The average molecular weight is 203 g/mol. The van der Waals surface area contributed by atoms with E-state index in [0.717, 1.165) is 13.0 Å². The molecule has 1 aromatic rings. The number of hydrogen-bond acceptors (Lipinski definition) is 1. The second-order valence-corrected chi connectivity index (χ2v) is 3.50. The van der Waals surface area contributed by atoms with Gasteiger partial charge in [0.15, 0.2) is 0 Å². The first-order chi connectivity index (χ1) is 7.24. The van der Waals surface area contributed by atoms with Crippen LogP contribution < -0.4 is 0 Å². The Labute approximate surface area is 91.2 Å². The van der Waals surface area contributed by atoms with Crippen molar-refractivity contribution in [2.75, 3.05) is 13.6 Å². The minimum Gasteiger partial charge on any atom is -0.342 e. The van der Waals surface area contributed by atoms with Crippen molar-refractivity contribution in [3.05, 3.63) is 48.0 Å². The monoisotopic (exact) mass is 203 g/mol. The number of nitrogens with zero attached hydrogens (tertiary/aromatic N) is 1. The molecule has 0 spiro atoms. The van der Waals surface area contributed by atoms with Crippen molar-refractivity contribution in [1.82, 2.24) is 4.90 Å². The van der Waals surface area contributed by atoms with Crippen molar-refractivity contribution < 1.29 is 4.79 Å². The molecule has 0 atom stereocenters. The van der Waals surface area contributed by atoms with E-state index in [2.05, 4.69) is 12.1 Å². The summed E-state index contributed by atoms with van der Waals surface area (Å²) in [5.41, 5.74) is 1.26. The minimum absolute atomic E-state index is 0.0634. The molecule has 2 heteroatoms. The van der Waals surface area contributed by atoms with Gasteiger partial charge in [-0.25, -0.2) is 0 Å². The van der Waals surface area contributed by atoms with Crippen molar-refractivity contribution in [2.45, 2.75) is 13.3 Å². The van der Waals surface area contributed by atoms with Gasteiger partial charge in [0.25, 0.3) is 0 Å². The van der Waals surface area contributed by atoms with Crippen LogP contribution in [0.5, 0.6) is 0 Å². The van der Waals surface area contributed by atoms with Crippen molar-refractivity contribution >= 4 is 5.91 Å². The van der Waals surface area contributed by atoms with Gasteiger partial charge in [-0.3, -0.25) is 4.79 Å². The molecule has 1 aromatic carbocycles. The van der Waals surface area contributed by atoms with Crippen LogP contribution in [-0.4, -0.2) is 24.4 Å². The number of hydrogen-bond donors (Lipinski definition) is 0. The Morgan fingerprint density at radius 2 is 2.00 bits per heavy atom. The molecule has 0 fully saturated rings. The van der Waals surface area contributed by atoms with Gasteiger partial charge in [-0.15, -0.1) is 0 Å². The fraction of sp³-hybridized carbons (Fsp3) is 0.308. The third-order valence-corrected chi connectivity index (χ3v) is 2.26. The summed E-state index contributed by atoms with van der Waals surface area (Å²) in [4.78, 5) is 13.1. The van der Waals surface area contributed by atoms with E-state index in [1.165, 1.54) is 5.56 Å². The molecule has 80 valence electrons. The van der Waals surface area contributed by atoms with E-state index in [9.17, 15) is 4.79 Å². The molecule has 2 nitrogen and oxygen atoms in total. The van der Waals surface area contributed by atoms with Gasteiger partial charge in [0, 0.05) is 13.6 Å². The third-order valence-electron chi connectivity index (χ3n) is 2.26. The number of likely N-dealkylation sites (N-methyl/N-ethyl adjacent to an activating group) is 1. The number of benzene rings is 1. The summed E-state index contributed by atoms with van der Waals surface area (Å²) < 4.78 is 0. The molecule has 0 unspecified atom stereocenters. The largest absolute Gasteiger partial charge is 0.342 e. The first kappa shape index (κ1) is 11.5. The summed E-state index contributed by atoms with van der Waals surface area (Å²) in [5.74, 6) is 0.0634. The van der Waals surface area contributed by atoms with Crippen LogP contribution in [0.3, 0.4) is 0 Å². The lowest BCUT2D eigenvalue weighted by Gasteiger charge is -2.14. The topological polar surface area (TPSA) is 20.3 Å². The average Bonchev–Trinajstić information content (AvgIpc) is 2.27. The number of carbonyl (C=O) groups is 1. The number of amides is 1. The third kappa shape index (κ3) is 3.98. The number of rotatable bonds is 4. The van der Waals surface area contributed by atoms with Crippen LogP contribution in [-0.2, 0) is 11.2 Å². The Hall–Kier alpha value is -1.57. The lowest BCUT2D eigenvalue weighted by molar-refractivity contribution is -0.124. The molecule has 0 aliphatic heterocycles. The van der Waals surface area contributed by atoms with Crippen molar-refractivity contribution in [3.63, 3.8) is 0 Å². The lowest BCUT2D eigenvalue weighted by Crippen LogP contribution is -2.26. The summed E-state index contributed by atoms with van der Waals surface area (Å²) in [7, 11) is 1.82. The van der Waals surface area contributed by atoms with E-state index < -0.39 is 0 Å². The van der Waals surface area contributed by atoms with E-state index >= 15 is 0 Å². The maximum atomic E-state index is 11.4. The molecule has 1 amide bonds. The van der Waals surface area contributed by atoms with E-state index in [4.69, 9.17) is 0 Å². The zero-order valence-corrected chi connectivity index (χ0v) is 9.31. The van der Waals surface area contributed by atoms with Gasteiger partial charge < -0.3 is 4.90 Å². The summed E-state index contributed by atoms with van der Waals surface area (Å²) >= 11 is 0. The van der Waals surface area contributed by atoms with Gasteiger partial charge in [-0.2, -0.15) is 0 Å². The normalized spacial score (nSPS) is 10.5. The van der Waals surface area contributed by atoms with Crippen LogP contribution in [0.4, 0.5) is 0 Å². The van der Waals surface area contributed by atoms with Crippen molar-refractivity contribution in [2.24, 2.45) is 0 Å². The summed E-state index contributed by atoms with van der Waals surface area (Å²) in [6.45, 7) is 2.61. The molecule has 0 saturated heterocycles. The Kier molecular flexibility index (Phi) is 4.61. The predicted octanol–water partition coefficient (Wildman–Crippen LogP) is 2.26. The Balaban J connectivity index is 2.41. The summed E-state index contributed by atoms with van der Waals surface area (Å²) in [6, 6.07) is 10.2. The van der Waals surface area contributed by atoms with Crippen LogP contribution in [0.25, 0.3) is 0 Å². The second-order valence-electron chi connectivity index (χ2n) is 3.50. The minimum atomic E-state index is 0.0634. The van der Waals surface area contributed by atoms with Crippen molar-refractivity contribution in [1.29, 1.82) is 0 Å². The Morgan fingerprint density at radius 3 is 2.60 bits per heavy atom. The first-order valence-electron chi connectivity index (χ1n) is 5.15. The van der Waals surface area contributed by atoms with Crippen molar-refractivity contribution in [3.8, 4) is 0 Å². The molecular weight excluding hydrogens is 186 g/mol. The van der Waals surface area contributed by atoms with E-state index in [1.807, 2.05) is 32.2 Å². The van der Waals surface area contributed by atoms with Crippen LogP contribution in [0, 0.1) is 0 Å². The molecular formula is C13H17NO. The highest BCUT2D eigenvalue weighted by molar-refractivity contribution is 5.87.